The van der Waals surface area contributed by atoms with Gasteiger partial charge in [0.15, 0.2) is 0 Å². The minimum atomic E-state index is -4.40. The summed E-state index contributed by atoms with van der Waals surface area (Å²) in [5.74, 6) is -1.42. The predicted molar refractivity (Wildman–Crippen MR) is 161 cm³/mol. The lowest BCUT2D eigenvalue weighted by molar-refractivity contribution is -0.162. The van der Waals surface area contributed by atoms with E-state index in [1.165, 1.54) is 6.07 Å². The zero-order valence-corrected chi connectivity index (χ0v) is 26.7. The highest BCUT2D eigenvalue weighted by atomic mass is 28.3. The predicted octanol–water partition coefficient (Wildman–Crippen LogP) is 9.34. The summed E-state index contributed by atoms with van der Waals surface area (Å²) >= 11 is 0. The molecule has 0 spiro atoms. The van der Waals surface area contributed by atoms with Gasteiger partial charge in [0.1, 0.15) is 5.60 Å². The van der Waals surface area contributed by atoms with Crippen LogP contribution in [0.25, 0.3) is 11.1 Å². The number of hydrogen-bond donors (Lipinski definition) is 0. The molecule has 0 saturated carbocycles. The molecule has 2 aromatic carbocycles. The normalized spacial score (nSPS) is 13.9. The highest BCUT2D eigenvalue weighted by Crippen LogP contribution is 2.32. The first-order valence-corrected chi connectivity index (χ1v) is 18.4. The van der Waals surface area contributed by atoms with Crippen LogP contribution >= 0.6 is 0 Å². The molecule has 0 radical (unpaired) electrons. The van der Waals surface area contributed by atoms with Gasteiger partial charge in [-0.05, 0) is 81.3 Å². The van der Waals surface area contributed by atoms with Crippen molar-refractivity contribution in [3.05, 3.63) is 59.7 Å². The van der Waals surface area contributed by atoms with E-state index in [0.717, 1.165) is 36.6 Å². The second kappa shape index (κ2) is 15.0. The third-order valence-electron chi connectivity index (χ3n) is 6.90. The van der Waals surface area contributed by atoms with Crippen LogP contribution in [0, 0.1) is 11.8 Å². The highest BCUT2D eigenvalue weighted by molar-refractivity contribution is 6.76. The van der Waals surface area contributed by atoms with E-state index in [1.54, 1.807) is 18.2 Å². The molecule has 2 aromatic rings. The Bertz CT molecular complexity index is 1120. The molecule has 0 bridgehead atoms. The van der Waals surface area contributed by atoms with Crippen LogP contribution in [0.2, 0.25) is 25.7 Å². The summed E-state index contributed by atoms with van der Waals surface area (Å²) in [7, 11) is -1.39. The van der Waals surface area contributed by atoms with E-state index >= 15 is 0 Å². The second-order valence-corrected chi connectivity index (χ2v) is 18.7. The standard InChI is InChI=1S/C33H47F3O4Si/c1-8-9-11-27(31(38)40-32(2,3)4)22-28(30(37)39-20-21-41(5,6)7)19-16-24-14-17-25(18-15-24)26-12-10-13-29(23-26)33(34,35)36/h10,12-15,17-18,23,27-28H,8-9,11,16,19-22H2,1-7H3/t27-,28+/m0/s1. The molecule has 8 heteroatoms. The quantitative estimate of drug-likeness (QED) is 0.162. The maximum atomic E-state index is 13.3. The van der Waals surface area contributed by atoms with Crippen molar-refractivity contribution in [3.8, 4) is 11.1 Å². The number of ether oxygens (including phenoxy) is 2. The third-order valence-corrected chi connectivity index (χ3v) is 8.61. The number of hydrogen-bond acceptors (Lipinski definition) is 4. The molecular formula is C33H47F3O4Si. The van der Waals surface area contributed by atoms with Crippen molar-refractivity contribution in [3.63, 3.8) is 0 Å². The van der Waals surface area contributed by atoms with Crippen LogP contribution in [0.4, 0.5) is 13.2 Å². The average Bonchev–Trinajstić information content (AvgIpc) is 2.86. The number of carbonyl (C=O) groups excluding carboxylic acids is 2. The zero-order valence-electron chi connectivity index (χ0n) is 25.7. The van der Waals surface area contributed by atoms with Crippen molar-refractivity contribution in [2.75, 3.05) is 6.61 Å². The van der Waals surface area contributed by atoms with E-state index in [-0.39, 0.29) is 11.9 Å². The Hall–Kier alpha value is -2.61. The van der Waals surface area contributed by atoms with Crippen molar-refractivity contribution in [2.45, 2.75) is 104 Å². The number of esters is 2. The second-order valence-electron chi connectivity index (χ2n) is 13.1. The Morgan fingerprint density at radius 3 is 2.07 bits per heavy atom. The van der Waals surface area contributed by atoms with Crippen LogP contribution in [-0.4, -0.2) is 32.2 Å². The van der Waals surface area contributed by atoms with Crippen LogP contribution in [0.5, 0.6) is 0 Å². The fraction of sp³-hybridized carbons (Fsp3) is 0.576. The van der Waals surface area contributed by atoms with Gasteiger partial charge in [0.05, 0.1) is 24.0 Å². The van der Waals surface area contributed by atoms with Gasteiger partial charge in [-0.1, -0.05) is 75.8 Å². The molecule has 228 valence electrons. The Morgan fingerprint density at radius 1 is 0.878 bits per heavy atom. The molecule has 0 fully saturated rings. The molecule has 0 aliphatic carbocycles. The van der Waals surface area contributed by atoms with Gasteiger partial charge in [-0.15, -0.1) is 0 Å². The van der Waals surface area contributed by atoms with Gasteiger partial charge >= 0.3 is 18.1 Å². The van der Waals surface area contributed by atoms with E-state index in [2.05, 4.69) is 26.6 Å². The van der Waals surface area contributed by atoms with Crippen LogP contribution in [-0.2, 0) is 31.7 Å². The monoisotopic (exact) mass is 592 g/mol. The lowest BCUT2D eigenvalue weighted by atomic mass is 9.86. The van der Waals surface area contributed by atoms with Crippen molar-refractivity contribution in [2.24, 2.45) is 11.8 Å². The molecule has 2 atom stereocenters. The molecule has 0 N–H and O–H groups in total. The minimum Gasteiger partial charge on any atom is -0.466 e. The van der Waals surface area contributed by atoms with Gasteiger partial charge in [-0.3, -0.25) is 9.59 Å². The Balaban J connectivity index is 2.19. The summed E-state index contributed by atoms with van der Waals surface area (Å²) in [4.78, 5) is 26.3. The number of benzene rings is 2. The lowest BCUT2D eigenvalue weighted by Gasteiger charge is -2.26. The first-order valence-electron chi connectivity index (χ1n) is 14.6. The first kappa shape index (κ1) is 34.6. The summed E-state index contributed by atoms with van der Waals surface area (Å²) in [6.45, 7) is 14.6. The largest absolute Gasteiger partial charge is 0.466 e. The van der Waals surface area contributed by atoms with Crippen LogP contribution in [0.1, 0.15) is 70.9 Å². The van der Waals surface area contributed by atoms with Crippen LogP contribution in [0.3, 0.4) is 0 Å². The van der Waals surface area contributed by atoms with Crippen LogP contribution < -0.4 is 0 Å². The summed E-state index contributed by atoms with van der Waals surface area (Å²) in [5.41, 5.74) is 0.842. The third kappa shape index (κ3) is 12.8. The zero-order chi connectivity index (χ0) is 30.8. The molecule has 0 saturated heterocycles. The topological polar surface area (TPSA) is 52.6 Å². The SMILES string of the molecule is CCCC[C@@H](C[C@@H](CCc1ccc(-c2cccc(C(F)(F)F)c2)cc1)C(=O)OCC[Si](C)(C)C)C(=O)OC(C)(C)C. The number of halogens is 3. The fourth-order valence-electron chi connectivity index (χ4n) is 4.50. The molecule has 4 nitrogen and oxygen atoms in total. The maximum absolute atomic E-state index is 13.3. The van der Waals surface area contributed by atoms with E-state index < -0.39 is 37.3 Å². The van der Waals surface area contributed by atoms with E-state index in [0.29, 0.717) is 43.4 Å². The Kier molecular flexibility index (Phi) is 12.7. The van der Waals surface area contributed by atoms with Gasteiger partial charge in [0.25, 0.3) is 0 Å². The van der Waals surface area contributed by atoms with Crippen molar-refractivity contribution in [1.82, 2.24) is 0 Å². The van der Waals surface area contributed by atoms with Crippen molar-refractivity contribution >= 4 is 20.0 Å². The molecule has 0 aliphatic rings. The molecule has 0 heterocycles. The number of aryl methyl sites for hydroxylation is 1. The van der Waals surface area contributed by atoms with E-state index in [9.17, 15) is 22.8 Å². The molecular weight excluding hydrogens is 545 g/mol. The summed E-state index contributed by atoms with van der Waals surface area (Å²) in [5, 5.41) is 0. The van der Waals surface area contributed by atoms with Gasteiger partial charge in [0.2, 0.25) is 0 Å². The fourth-order valence-corrected chi connectivity index (χ4v) is 5.21. The van der Waals surface area contributed by atoms with Crippen molar-refractivity contribution in [1.29, 1.82) is 0 Å². The van der Waals surface area contributed by atoms with Gasteiger partial charge < -0.3 is 9.47 Å². The first-order chi connectivity index (χ1) is 19.0. The smallest absolute Gasteiger partial charge is 0.416 e. The van der Waals surface area contributed by atoms with E-state index in [1.807, 2.05) is 32.9 Å². The highest BCUT2D eigenvalue weighted by Gasteiger charge is 2.32. The lowest BCUT2D eigenvalue weighted by Crippen LogP contribution is -2.32. The number of unbranched alkanes of at least 4 members (excludes halogenated alkanes) is 1. The van der Waals surface area contributed by atoms with Gasteiger partial charge in [-0.25, -0.2) is 0 Å². The summed E-state index contributed by atoms with van der Waals surface area (Å²) in [6, 6.07) is 13.5. The average molecular weight is 593 g/mol. The molecule has 41 heavy (non-hydrogen) atoms. The maximum Gasteiger partial charge on any atom is 0.416 e. The van der Waals surface area contributed by atoms with Gasteiger partial charge in [-0.2, -0.15) is 13.2 Å². The number of alkyl halides is 3. The van der Waals surface area contributed by atoms with Crippen LogP contribution in [0.15, 0.2) is 48.5 Å². The minimum absolute atomic E-state index is 0.281. The summed E-state index contributed by atoms with van der Waals surface area (Å²) < 4.78 is 50.9. The molecule has 0 aliphatic heterocycles. The van der Waals surface area contributed by atoms with Gasteiger partial charge in [0, 0.05) is 8.07 Å². The molecule has 0 aromatic heterocycles. The number of carbonyl (C=O) groups is 2. The molecule has 0 unspecified atom stereocenters. The Labute approximate surface area is 245 Å². The van der Waals surface area contributed by atoms with E-state index in [4.69, 9.17) is 9.47 Å². The molecule has 0 amide bonds. The van der Waals surface area contributed by atoms with Crippen molar-refractivity contribution < 1.29 is 32.2 Å². The Morgan fingerprint density at radius 2 is 1.51 bits per heavy atom. The molecule has 2 rings (SSSR count). The number of rotatable bonds is 14. The summed E-state index contributed by atoms with van der Waals surface area (Å²) in [6.07, 6.45) is -0.519.